The molecule has 0 saturated carbocycles. The van der Waals surface area contributed by atoms with Crippen molar-refractivity contribution in [1.29, 1.82) is 0 Å². The van der Waals surface area contributed by atoms with E-state index < -0.39 is 52.4 Å². The van der Waals surface area contributed by atoms with E-state index in [-0.39, 0.29) is 17.7 Å². The maximum atomic E-state index is 14.7. The third kappa shape index (κ3) is 5.34. The minimum Gasteiger partial charge on any atom is -0.429 e. The van der Waals surface area contributed by atoms with Crippen LogP contribution in [0.3, 0.4) is 0 Å². The fraction of sp³-hybridized carbons (Fsp3) is 0.143. The Bertz CT molecular complexity index is 1460. The smallest absolute Gasteiger partial charge is 0.429 e. The molecule has 0 amide bonds. The molecule has 0 radical (unpaired) electrons. The van der Waals surface area contributed by atoms with Gasteiger partial charge in [-0.2, -0.15) is 22.0 Å². The second-order valence-corrected chi connectivity index (χ2v) is 8.57. The summed E-state index contributed by atoms with van der Waals surface area (Å²) in [5.41, 5.74) is -0.101. The van der Waals surface area contributed by atoms with E-state index in [9.17, 15) is 39.5 Å². The van der Waals surface area contributed by atoms with E-state index in [1.54, 1.807) is 24.3 Å². The van der Waals surface area contributed by atoms with Gasteiger partial charge in [-0.1, -0.05) is 42.5 Å². The van der Waals surface area contributed by atoms with Crippen LogP contribution in [0.15, 0.2) is 66.7 Å². The Hall–Kier alpha value is -3.95. The Morgan fingerprint density at radius 3 is 1.42 bits per heavy atom. The summed E-state index contributed by atoms with van der Waals surface area (Å²) < 4.78 is 128. The molecule has 4 aromatic rings. The topological polar surface area (TPSA) is 9.23 Å². The Morgan fingerprint density at radius 2 is 0.947 bits per heavy atom. The van der Waals surface area contributed by atoms with Crippen LogP contribution in [0.4, 0.5) is 39.5 Å². The summed E-state index contributed by atoms with van der Waals surface area (Å²) in [5, 5.41) is 0. The molecule has 0 N–H and O–H groups in total. The van der Waals surface area contributed by atoms with Gasteiger partial charge < -0.3 is 4.74 Å². The van der Waals surface area contributed by atoms with Crippen molar-refractivity contribution in [2.45, 2.75) is 26.1 Å². The number of benzene rings is 4. The molecule has 0 aliphatic carbocycles. The van der Waals surface area contributed by atoms with Crippen molar-refractivity contribution in [2.24, 2.45) is 0 Å². The lowest BCUT2D eigenvalue weighted by Crippen LogP contribution is -2.25. The van der Waals surface area contributed by atoms with Crippen molar-refractivity contribution >= 4 is 0 Å². The molecule has 0 unspecified atom stereocenters. The van der Waals surface area contributed by atoms with Crippen LogP contribution < -0.4 is 4.74 Å². The largest absolute Gasteiger partial charge is 0.432 e. The monoisotopic (exact) mass is 540 g/mol. The fourth-order valence-corrected chi connectivity index (χ4v) is 3.87. The molecule has 0 spiro atoms. The summed E-state index contributed by atoms with van der Waals surface area (Å²) in [7, 11) is 0. The molecule has 0 saturated heterocycles. The summed E-state index contributed by atoms with van der Waals surface area (Å²) in [6.07, 6.45) is -10.3. The van der Waals surface area contributed by atoms with Crippen LogP contribution in [0.5, 0.6) is 5.75 Å². The molecule has 4 aromatic carbocycles. The molecular formula is C28H17F9O. The van der Waals surface area contributed by atoms with Crippen LogP contribution >= 0.6 is 0 Å². The lowest BCUT2D eigenvalue weighted by atomic mass is 9.97. The number of hydrogen-bond donors (Lipinski definition) is 0. The van der Waals surface area contributed by atoms with Crippen LogP contribution in [-0.4, -0.2) is 0 Å². The third-order valence-corrected chi connectivity index (χ3v) is 5.94. The third-order valence-electron chi connectivity index (χ3n) is 5.94. The number of rotatable bonds is 5. The zero-order chi connectivity index (χ0) is 28.0. The summed E-state index contributed by atoms with van der Waals surface area (Å²) in [6, 6.07) is 13.2. The minimum absolute atomic E-state index is 0.0854. The van der Waals surface area contributed by atoms with Gasteiger partial charge in [0, 0.05) is 12.1 Å². The molecule has 0 aliphatic heterocycles. The highest BCUT2D eigenvalue weighted by molar-refractivity contribution is 5.71. The van der Waals surface area contributed by atoms with Gasteiger partial charge in [0.05, 0.1) is 0 Å². The molecule has 0 atom stereocenters. The molecule has 0 heterocycles. The Labute approximate surface area is 211 Å². The number of ether oxygens (including phenoxy) is 1. The summed E-state index contributed by atoms with van der Waals surface area (Å²) in [4.78, 5) is 0. The number of alkyl halides is 5. The Morgan fingerprint density at radius 1 is 0.500 bits per heavy atom. The van der Waals surface area contributed by atoms with Gasteiger partial charge in [-0.15, -0.1) is 0 Å². The predicted molar refractivity (Wildman–Crippen MR) is 123 cm³/mol. The summed E-state index contributed by atoms with van der Waals surface area (Å²) >= 11 is 0. The first-order chi connectivity index (χ1) is 17.7. The van der Waals surface area contributed by atoms with Crippen LogP contribution in [0.1, 0.15) is 22.3 Å². The van der Waals surface area contributed by atoms with E-state index in [0.717, 1.165) is 22.3 Å². The normalized spacial score (nSPS) is 12.1. The fourth-order valence-electron chi connectivity index (χ4n) is 3.87. The van der Waals surface area contributed by atoms with E-state index in [0.29, 0.717) is 17.7 Å². The second kappa shape index (κ2) is 9.74. The van der Waals surface area contributed by atoms with E-state index in [1.807, 2.05) is 32.0 Å². The van der Waals surface area contributed by atoms with E-state index in [1.165, 1.54) is 0 Å². The van der Waals surface area contributed by atoms with E-state index in [4.69, 9.17) is 0 Å². The van der Waals surface area contributed by atoms with Gasteiger partial charge in [-0.05, 0) is 59.4 Å². The molecule has 4 rings (SSSR count). The highest BCUT2D eigenvalue weighted by Crippen LogP contribution is 2.40. The maximum Gasteiger partial charge on any atom is 0.432 e. The summed E-state index contributed by atoms with van der Waals surface area (Å²) in [5.74, 6) is -9.34. The number of halogens is 9. The van der Waals surface area contributed by atoms with Crippen molar-refractivity contribution in [3.05, 3.63) is 112 Å². The van der Waals surface area contributed by atoms with Crippen molar-refractivity contribution in [1.82, 2.24) is 0 Å². The van der Waals surface area contributed by atoms with Crippen LogP contribution in [0.2, 0.25) is 0 Å². The van der Waals surface area contributed by atoms with Gasteiger partial charge in [0.25, 0.3) is 0 Å². The molecule has 0 aromatic heterocycles. The molecule has 0 fully saturated rings. The van der Waals surface area contributed by atoms with E-state index >= 15 is 0 Å². The molecular weight excluding hydrogens is 523 g/mol. The highest BCUT2D eigenvalue weighted by Gasteiger charge is 2.43. The van der Waals surface area contributed by atoms with Gasteiger partial charge >= 0.3 is 12.3 Å². The van der Waals surface area contributed by atoms with Crippen LogP contribution in [-0.2, 0) is 12.3 Å². The van der Waals surface area contributed by atoms with Gasteiger partial charge in [0.15, 0.2) is 0 Å². The average Bonchev–Trinajstić information content (AvgIpc) is 2.78. The van der Waals surface area contributed by atoms with E-state index in [2.05, 4.69) is 4.74 Å². The van der Waals surface area contributed by atoms with Crippen LogP contribution in [0.25, 0.3) is 22.3 Å². The number of aryl methyl sites for hydroxylation is 2. The number of hydrogen-bond acceptors (Lipinski definition) is 1. The first-order valence-electron chi connectivity index (χ1n) is 11.0. The molecule has 38 heavy (non-hydrogen) atoms. The quantitative estimate of drug-likeness (QED) is 0.229. The van der Waals surface area contributed by atoms with Gasteiger partial charge in [-0.3, -0.25) is 0 Å². The first-order valence-corrected chi connectivity index (χ1v) is 11.0. The zero-order valence-electron chi connectivity index (χ0n) is 19.7. The van der Waals surface area contributed by atoms with Crippen molar-refractivity contribution < 1.29 is 44.3 Å². The average molecular weight is 540 g/mol. The van der Waals surface area contributed by atoms with Gasteiger partial charge in [0.2, 0.25) is 0 Å². The summed E-state index contributed by atoms with van der Waals surface area (Å²) in [6.45, 7) is 3.91. The van der Waals surface area contributed by atoms with Crippen LogP contribution in [0, 0.1) is 37.1 Å². The zero-order valence-corrected chi connectivity index (χ0v) is 19.7. The van der Waals surface area contributed by atoms with Gasteiger partial charge in [0.1, 0.15) is 40.1 Å². The van der Waals surface area contributed by atoms with Crippen molar-refractivity contribution in [2.75, 3.05) is 0 Å². The second-order valence-electron chi connectivity index (χ2n) is 8.57. The first kappa shape index (κ1) is 27.1. The Kier molecular flexibility index (Phi) is 6.94. The molecule has 1 nitrogen and oxygen atoms in total. The lowest BCUT2D eigenvalue weighted by Gasteiger charge is -2.21. The van der Waals surface area contributed by atoms with Gasteiger partial charge in [-0.25, -0.2) is 17.6 Å². The SMILES string of the molecule is Cc1ccc(-c2ccc(-c3cc(F)c(C(F)(F)Oc4cc(F)c(C(F)(F)F)c(F)c4)c(F)c3)cc2)cc1C. The molecule has 0 bridgehead atoms. The van der Waals surface area contributed by atoms with Crippen molar-refractivity contribution in [3.63, 3.8) is 0 Å². The predicted octanol–water partition coefficient (Wildman–Crippen LogP) is 9.34. The lowest BCUT2D eigenvalue weighted by molar-refractivity contribution is -0.189. The highest BCUT2D eigenvalue weighted by atomic mass is 19.4. The minimum atomic E-state index is -5.44. The molecule has 10 heteroatoms. The standard InChI is InChI=1S/C28H17F9O/c1-14-3-4-18(9-15(14)2)16-5-7-17(8-6-16)19-10-21(29)26(22(30)11-19)28(36,37)38-20-12-23(31)25(24(32)13-20)27(33,34)35/h3-13H,1-2H3. The van der Waals surface area contributed by atoms with Crippen molar-refractivity contribution in [3.8, 4) is 28.0 Å². The molecule has 198 valence electrons. The molecule has 0 aliphatic rings. The maximum absolute atomic E-state index is 14.7. The Balaban J connectivity index is 1.63.